The third-order valence-corrected chi connectivity index (χ3v) is 12.6. The largest absolute Gasteiger partial charge is 0.447 e. The molecule has 3 aliphatic heterocycles. The summed E-state index contributed by atoms with van der Waals surface area (Å²) < 4.78 is 12.2. The van der Waals surface area contributed by atoms with E-state index in [1.54, 1.807) is 14.7 Å². The monoisotopic (exact) mass is 689 g/mol. The van der Waals surface area contributed by atoms with Crippen LogP contribution in [0, 0.1) is 5.92 Å². The van der Waals surface area contributed by atoms with Crippen LogP contribution in [0.2, 0.25) is 18.6 Å². The third kappa shape index (κ3) is 7.55. The number of amides is 3. The fraction of sp³-hybridized carbons (Fsp3) is 0.500. The van der Waals surface area contributed by atoms with Gasteiger partial charge < -0.3 is 29.2 Å². The molecule has 11 heteroatoms. The molecule has 2 saturated heterocycles. The number of benzene rings is 2. The van der Waals surface area contributed by atoms with Crippen LogP contribution in [0.25, 0.3) is 0 Å². The van der Waals surface area contributed by atoms with E-state index >= 15 is 0 Å². The summed E-state index contributed by atoms with van der Waals surface area (Å²) in [5.74, 6) is -0.933. The van der Waals surface area contributed by atoms with E-state index in [4.69, 9.17) is 9.47 Å². The van der Waals surface area contributed by atoms with Crippen LogP contribution in [-0.2, 0) is 31.2 Å². The second-order valence-electron chi connectivity index (χ2n) is 14.3. The number of aliphatic hydroxyl groups is 1. The summed E-state index contributed by atoms with van der Waals surface area (Å²) in [6.07, 6.45) is 4.82. The van der Waals surface area contributed by atoms with Crippen LogP contribution in [0.4, 0.5) is 16.2 Å². The Hall–Kier alpha value is -3.77. The summed E-state index contributed by atoms with van der Waals surface area (Å²) in [5.41, 5.74) is 3.36. The van der Waals surface area contributed by atoms with Crippen molar-refractivity contribution in [2.24, 2.45) is 5.92 Å². The Bertz CT molecular complexity index is 1600. The van der Waals surface area contributed by atoms with Crippen molar-refractivity contribution < 1.29 is 33.8 Å². The second kappa shape index (κ2) is 15.0. The van der Waals surface area contributed by atoms with E-state index in [9.17, 15) is 24.3 Å². The lowest BCUT2D eigenvalue weighted by Crippen LogP contribution is -2.46. The molecule has 4 atom stereocenters. The topological polar surface area (TPSA) is 120 Å². The van der Waals surface area contributed by atoms with E-state index in [1.165, 1.54) is 5.57 Å². The molecule has 49 heavy (non-hydrogen) atoms. The van der Waals surface area contributed by atoms with Gasteiger partial charge in [-0.05, 0) is 70.5 Å². The van der Waals surface area contributed by atoms with Gasteiger partial charge in [0, 0.05) is 42.3 Å². The van der Waals surface area contributed by atoms with Gasteiger partial charge >= 0.3 is 6.09 Å². The highest BCUT2D eigenvalue weighted by molar-refractivity contribution is 6.71. The molecule has 3 amide bonds. The maximum absolute atomic E-state index is 14.9. The molecule has 0 aromatic heterocycles. The summed E-state index contributed by atoms with van der Waals surface area (Å²) in [4.78, 5) is 58.0. The molecule has 2 aromatic carbocycles. The standard InChI is InChI=1S/C38H51N3O7Si/c1-26(2)11-10-12-27(3)17-18-41-32-16-15-30(40-20-22-47-37(40)45)23-31(32)38(36(41)44)28(4)35(49(5,6)46)33(48-38)24-34(43)39(19-21-42)25-29-13-8-7-9-14-29/h7-9,11,13-17,23,28,33,35,42,46H,10,12,18-22,24-25H2,1-6H3/b27-17+/t28-,33+,35-,38+/m1/s1. The van der Waals surface area contributed by atoms with Crippen molar-refractivity contribution in [1.29, 1.82) is 0 Å². The van der Waals surface area contributed by atoms with Gasteiger partial charge in [0.2, 0.25) is 5.91 Å². The average molecular weight is 690 g/mol. The SMILES string of the molecule is CC(C)=CCC/C(C)=C/CN1C(=O)[C@@]2(O[C@@H](CC(=O)N(CCO)Cc3ccccc3)[C@H]([Si](C)(C)O)[C@H]2C)c2cc(N3CCOC3=O)ccc21. The number of anilines is 2. The first-order chi connectivity index (χ1) is 23.3. The highest BCUT2D eigenvalue weighted by Crippen LogP contribution is 2.60. The maximum atomic E-state index is 14.9. The fourth-order valence-corrected chi connectivity index (χ4v) is 10.3. The van der Waals surface area contributed by atoms with Gasteiger partial charge in [0.1, 0.15) is 6.61 Å². The minimum absolute atomic E-state index is 0.0509. The van der Waals surface area contributed by atoms with E-state index in [-0.39, 0.29) is 38.0 Å². The zero-order chi connectivity index (χ0) is 35.5. The van der Waals surface area contributed by atoms with Gasteiger partial charge in [0.15, 0.2) is 13.9 Å². The Kier molecular flexibility index (Phi) is 11.2. The Morgan fingerprint density at radius 3 is 2.47 bits per heavy atom. The molecule has 0 unspecified atom stereocenters. The molecule has 2 N–H and O–H groups in total. The molecule has 0 bridgehead atoms. The minimum atomic E-state index is -3.04. The molecule has 3 heterocycles. The lowest BCUT2D eigenvalue weighted by Gasteiger charge is -2.32. The predicted octanol–water partition coefficient (Wildman–Crippen LogP) is 5.89. The van der Waals surface area contributed by atoms with Gasteiger partial charge in [0.25, 0.3) is 5.91 Å². The quantitative estimate of drug-likeness (QED) is 0.199. The highest BCUT2D eigenvalue weighted by atomic mass is 28.4. The number of allylic oxidation sites excluding steroid dienone is 3. The molecule has 1 spiro atoms. The lowest BCUT2D eigenvalue weighted by molar-refractivity contribution is -0.149. The first-order valence-electron chi connectivity index (χ1n) is 17.3. The van der Waals surface area contributed by atoms with Crippen molar-refractivity contribution in [2.75, 3.05) is 42.6 Å². The Labute approximate surface area is 291 Å². The van der Waals surface area contributed by atoms with Gasteiger partial charge in [-0.15, -0.1) is 0 Å². The number of carbonyl (C=O) groups excluding carboxylic acids is 3. The molecule has 0 aliphatic carbocycles. The Morgan fingerprint density at radius 1 is 1.10 bits per heavy atom. The molecule has 5 rings (SSSR count). The fourth-order valence-electron chi connectivity index (χ4n) is 7.70. The van der Waals surface area contributed by atoms with Crippen LogP contribution in [-0.4, -0.2) is 80.0 Å². The number of nitrogens with zero attached hydrogens (tertiary/aromatic N) is 3. The van der Waals surface area contributed by atoms with Crippen LogP contribution in [0.5, 0.6) is 0 Å². The van der Waals surface area contributed by atoms with Gasteiger partial charge in [-0.3, -0.25) is 14.5 Å². The summed E-state index contributed by atoms with van der Waals surface area (Å²) in [5, 5.41) is 9.83. The van der Waals surface area contributed by atoms with E-state index in [2.05, 4.69) is 32.9 Å². The van der Waals surface area contributed by atoms with Crippen molar-refractivity contribution in [1.82, 2.24) is 4.90 Å². The number of cyclic esters (lactones) is 1. The van der Waals surface area contributed by atoms with E-state index < -0.39 is 37.6 Å². The molecule has 3 aliphatic rings. The minimum Gasteiger partial charge on any atom is -0.447 e. The molecule has 264 valence electrons. The van der Waals surface area contributed by atoms with Crippen molar-refractivity contribution in [3.63, 3.8) is 0 Å². The summed E-state index contributed by atoms with van der Waals surface area (Å²) in [6.45, 7) is 13.1. The van der Waals surface area contributed by atoms with Crippen LogP contribution in [0.3, 0.4) is 0 Å². The van der Waals surface area contributed by atoms with Crippen molar-refractivity contribution >= 4 is 37.6 Å². The molecular formula is C38H51N3O7Si. The molecule has 0 saturated carbocycles. The van der Waals surface area contributed by atoms with Gasteiger partial charge in [-0.1, -0.05) is 60.6 Å². The number of rotatable bonds is 13. The van der Waals surface area contributed by atoms with Crippen LogP contribution < -0.4 is 9.80 Å². The zero-order valence-corrected chi connectivity index (χ0v) is 30.6. The predicted molar refractivity (Wildman–Crippen MR) is 193 cm³/mol. The van der Waals surface area contributed by atoms with E-state index in [0.717, 1.165) is 24.0 Å². The first-order valence-corrected chi connectivity index (χ1v) is 20.3. The Balaban J connectivity index is 1.52. The number of ether oxygens (including phenoxy) is 2. The Morgan fingerprint density at radius 2 is 1.84 bits per heavy atom. The third-order valence-electron chi connectivity index (χ3n) is 10.1. The smallest absolute Gasteiger partial charge is 0.414 e. The lowest BCUT2D eigenvalue weighted by atomic mass is 9.82. The first kappa shape index (κ1) is 36.5. The molecule has 0 radical (unpaired) electrons. The van der Waals surface area contributed by atoms with Crippen LogP contribution in [0.1, 0.15) is 58.1 Å². The zero-order valence-electron chi connectivity index (χ0n) is 29.6. The van der Waals surface area contributed by atoms with Gasteiger partial charge in [0.05, 0.1) is 31.4 Å². The molecule has 2 aromatic rings. The highest BCUT2D eigenvalue weighted by Gasteiger charge is 2.66. The van der Waals surface area contributed by atoms with Crippen molar-refractivity contribution in [2.45, 2.75) is 83.8 Å². The van der Waals surface area contributed by atoms with Crippen LogP contribution >= 0.6 is 0 Å². The number of carbonyl (C=O) groups is 3. The maximum Gasteiger partial charge on any atom is 0.414 e. The van der Waals surface area contributed by atoms with Gasteiger partial charge in [-0.25, -0.2) is 4.79 Å². The number of aliphatic hydroxyl groups excluding tert-OH is 1. The summed E-state index contributed by atoms with van der Waals surface area (Å²) in [7, 11) is -3.04. The van der Waals surface area contributed by atoms with Crippen LogP contribution in [0.15, 0.2) is 71.8 Å². The van der Waals surface area contributed by atoms with Crippen molar-refractivity contribution in [3.05, 3.63) is 83.0 Å². The normalized spacial score (nSPS) is 23.7. The number of hydrogen-bond acceptors (Lipinski definition) is 7. The summed E-state index contributed by atoms with van der Waals surface area (Å²) >= 11 is 0. The van der Waals surface area contributed by atoms with E-state index in [1.807, 2.05) is 68.5 Å². The van der Waals surface area contributed by atoms with E-state index in [0.29, 0.717) is 36.6 Å². The number of fused-ring (bicyclic) bond motifs is 2. The van der Waals surface area contributed by atoms with Crippen molar-refractivity contribution in [3.8, 4) is 0 Å². The average Bonchev–Trinajstić information content (AvgIpc) is 3.68. The molecule has 10 nitrogen and oxygen atoms in total. The second-order valence-corrected chi connectivity index (χ2v) is 18.3. The molecule has 2 fully saturated rings. The van der Waals surface area contributed by atoms with Gasteiger partial charge in [-0.2, -0.15) is 0 Å². The number of hydrogen-bond donors (Lipinski definition) is 2. The summed E-state index contributed by atoms with van der Waals surface area (Å²) in [6, 6.07) is 15.1. The molecular weight excluding hydrogens is 639 g/mol.